The fourth-order valence-electron chi connectivity index (χ4n) is 1.27. The first kappa shape index (κ1) is 11.2. The summed E-state index contributed by atoms with van der Waals surface area (Å²) in [5, 5.41) is 0.787. The molecule has 0 spiro atoms. The van der Waals surface area contributed by atoms with E-state index in [0.717, 1.165) is 16.5 Å². The second-order valence-corrected chi connectivity index (χ2v) is 4.57. The van der Waals surface area contributed by atoms with Crippen LogP contribution in [0.15, 0.2) is 40.4 Å². The third-order valence-electron chi connectivity index (χ3n) is 2.08. The molecule has 0 aliphatic carbocycles. The summed E-state index contributed by atoms with van der Waals surface area (Å²) in [5.74, 6) is 0.858. The summed E-state index contributed by atoms with van der Waals surface area (Å²) in [7, 11) is 0. The largest absolute Gasteiger partial charge is 0.468 e. The van der Waals surface area contributed by atoms with Gasteiger partial charge in [-0.3, -0.25) is 0 Å². The molecule has 1 atom stereocenters. The van der Waals surface area contributed by atoms with E-state index in [1.54, 1.807) is 18.7 Å². The van der Waals surface area contributed by atoms with E-state index in [2.05, 4.69) is 9.97 Å². The molecule has 0 amide bonds. The van der Waals surface area contributed by atoms with Gasteiger partial charge in [-0.25, -0.2) is 9.97 Å². The van der Waals surface area contributed by atoms with Crippen LogP contribution in [-0.4, -0.2) is 16.5 Å². The van der Waals surface area contributed by atoms with Crippen molar-refractivity contribution in [2.75, 3.05) is 6.54 Å². The Kier molecular flexibility index (Phi) is 3.58. The zero-order valence-corrected chi connectivity index (χ0v) is 9.78. The SMILES string of the molecule is Cc1cnc(SC(CN)c2ccco2)nc1. The van der Waals surface area contributed by atoms with Crippen molar-refractivity contribution in [2.45, 2.75) is 17.3 Å². The maximum Gasteiger partial charge on any atom is 0.188 e. The molecular formula is C11H13N3OS. The fourth-order valence-corrected chi connectivity index (χ4v) is 2.09. The van der Waals surface area contributed by atoms with Crippen molar-refractivity contribution in [1.82, 2.24) is 9.97 Å². The minimum absolute atomic E-state index is 0.0673. The average Bonchev–Trinajstić information content (AvgIpc) is 2.82. The van der Waals surface area contributed by atoms with Crippen molar-refractivity contribution >= 4 is 11.8 Å². The van der Waals surface area contributed by atoms with E-state index in [4.69, 9.17) is 10.2 Å². The lowest BCUT2D eigenvalue weighted by Gasteiger charge is -2.09. The molecule has 2 aromatic rings. The van der Waals surface area contributed by atoms with Gasteiger partial charge in [-0.05, 0) is 24.6 Å². The lowest BCUT2D eigenvalue weighted by molar-refractivity contribution is 0.507. The number of hydrogen-bond donors (Lipinski definition) is 1. The molecule has 0 saturated heterocycles. The topological polar surface area (TPSA) is 64.9 Å². The molecule has 0 aromatic carbocycles. The van der Waals surface area contributed by atoms with Gasteiger partial charge in [0, 0.05) is 18.9 Å². The Bertz CT molecular complexity index is 427. The number of nitrogens with two attached hydrogens (primary N) is 1. The van der Waals surface area contributed by atoms with Gasteiger partial charge in [0.25, 0.3) is 0 Å². The lowest BCUT2D eigenvalue weighted by Crippen LogP contribution is -2.09. The molecule has 84 valence electrons. The molecule has 2 N–H and O–H groups in total. The predicted octanol–water partition coefficient (Wildman–Crippen LogP) is 2.17. The van der Waals surface area contributed by atoms with Gasteiger partial charge in [0.05, 0.1) is 11.5 Å². The Morgan fingerprint density at radius 1 is 1.44 bits per heavy atom. The highest BCUT2D eigenvalue weighted by Crippen LogP contribution is 2.32. The number of rotatable bonds is 4. The van der Waals surface area contributed by atoms with Crippen molar-refractivity contribution in [3.8, 4) is 0 Å². The highest BCUT2D eigenvalue weighted by atomic mass is 32.2. The smallest absolute Gasteiger partial charge is 0.188 e. The number of aromatic nitrogens is 2. The van der Waals surface area contributed by atoms with E-state index in [1.807, 2.05) is 19.1 Å². The van der Waals surface area contributed by atoms with Gasteiger partial charge >= 0.3 is 0 Å². The minimum Gasteiger partial charge on any atom is -0.468 e. The Hall–Kier alpha value is -1.33. The van der Waals surface area contributed by atoms with Crippen LogP contribution in [0.3, 0.4) is 0 Å². The normalized spacial score (nSPS) is 12.6. The van der Waals surface area contributed by atoms with Gasteiger partial charge in [-0.2, -0.15) is 0 Å². The third kappa shape index (κ3) is 2.62. The molecule has 4 nitrogen and oxygen atoms in total. The average molecular weight is 235 g/mol. The first-order chi connectivity index (χ1) is 7.79. The molecule has 2 rings (SSSR count). The van der Waals surface area contributed by atoms with E-state index < -0.39 is 0 Å². The van der Waals surface area contributed by atoms with Crippen LogP contribution in [0.5, 0.6) is 0 Å². The van der Waals surface area contributed by atoms with Crippen molar-refractivity contribution in [1.29, 1.82) is 0 Å². The van der Waals surface area contributed by atoms with E-state index in [9.17, 15) is 0 Å². The van der Waals surface area contributed by atoms with E-state index >= 15 is 0 Å². The van der Waals surface area contributed by atoms with Crippen molar-refractivity contribution in [3.63, 3.8) is 0 Å². The van der Waals surface area contributed by atoms with Crippen LogP contribution >= 0.6 is 11.8 Å². The molecule has 2 heterocycles. The second kappa shape index (κ2) is 5.14. The molecule has 0 radical (unpaired) electrons. The maximum absolute atomic E-state index is 5.71. The van der Waals surface area contributed by atoms with E-state index in [1.165, 1.54) is 11.8 Å². The van der Waals surface area contributed by atoms with Crippen LogP contribution in [0.1, 0.15) is 16.6 Å². The molecule has 0 bridgehead atoms. The van der Waals surface area contributed by atoms with Crippen LogP contribution in [0.2, 0.25) is 0 Å². The molecule has 0 fully saturated rings. The first-order valence-electron chi connectivity index (χ1n) is 4.98. The molecule has 1 unspecified atom stereocenters. The number of furan rings is 1. The van der Waals surface area contributed by atoms with Gasteiger partial charge in [-0.1, -0.05) is 11.8 Å². The summed E-state index contributed by atoms with van der Waals surface area (Å²) >= 11 is 1.51. The zero-order valence-electron chi connectivity index (χ0n) is 8.96. The van der Waals surface area contributed by atoms with Crippen molar-refractivity contribution in [2.24, 2.45) is 5.73 Å². The Morgan fingerprint density at radius 3 is 2.75 bits per heavy atom. The second-order valence-electron chi connectivity index (χ2n) is 3.40. The fraction of sp³-hybridized carbons (Fsp3) is 0.273. The summed E-state index contributed by atoms with van der Waals surface area (Å²) in [6, 6.07) is 3.77. The number of aryl methyl sites for hydroxylation is 1. The Morgan fingerprint density at radius 2 is 2.19 bits per heavy atom. The molecule has 0 aliphatic rings. The highest BCUT2D eigenvalue weighted by Gasteiger charge is 2.15. The van der Waals surface area contributed by atoms with Gasteiger partial charge in [-0.15, -0.1) is 0 Å². The standard InChI is InChI=1S/C11H13N3OS/c1-8-6-13-11(14-7-8)16-10(5-12)9-3-2-4-15-9/h2-4,6-7,10H,5,12H2,1H3. The number of nitrogens with zero attached hydrogens (tertiary/aromatic N) is 2. The highest BCUT2D eigenvalue weighted by molar-refractivity contribution is 7.99. The monoisotopic (exact) mass is 235 g/mol. The summed E-state index contributed by atoms with van der Waals surface area (Å²) in [5.41, 5.74) is 6.75. The van der Waals surface area contributed by atoms with Gasteiger partial charge in [0.1, 0.15) is 5.76 Å². The summed E-state index contributed by atoms with van der Waals surface area (Å²) in [6.07, 6.45) is 5.24. The predicted molar refractivity (Wildman–Crippen MR) is 63.1 cm³/mol. The molecule has 0 saturated carbocycles. The van der Waals surface area contributed by atoms with Gasteiger partial charge in [0.15, 0.2) is 5.16 Å². The summed E-state index contributed by atoms with van der Waals surface area (Å²) in [6.45, 7) is 2.46. The van der Waals surface area contributed by atoms with E-state index in [-0.39, 0.29) is 5.25 Å². The molecule has 16 heavy (non-hydrogen) atoms. The molecule has 2 aromatic heterocycles. The van der Waals surface area contributed by atoms with Crippen LogP contribution < -0.4 is 5.73 Å². The lowest BCUT2D eigenvalue weighted by atomic mass is 10.3. The molecular weight excluding hydrogens is 222 g/mol. The van der Waals surface area contributed by atoms with Crippen molar-refractivity contribution < 1.29 is 4.42 Å². The van der Waals surface area contributed by atoms with Crippen LogP contribution in [0, 0.1) is 6.92 Å². The summed E-state index contributed by atoms with van der Waals surface area (Å²) in [4.78, 5) is 8.46. The first-order valence-corrected chi connectivity index (χ1v) is 5.86. The van der Waals surface area contributed by atoms with Gasteiger partial charge < -0.3 is 10.2 Å². The maximum atomic E-state index is 5.71. The number of thioether (sulfide) groups is 1. The Labute approximate surface area is 98.3 Å². The van der Waals surface area contributed by atoms with Crippen LogP contribution in [0.4, 0.5) is 0 Å². The molecule has 5 heteroatoms. The van der Waals surface area contributed by atoms with E-state index in [0.29, 0.717) is 6.54 Å². The van der Waals surface area contributed by atoms with Crippen molar-refractivity contribution in [3.05, 3.63) is 42.1 Å². The number of hydrogen-bond acceptors (Lipinski definition) is 5. The van der Waals surface area contributed by atoms with Gasteiger partial charge in [0.2, 0.25) is 0 Å². The van der Waals surface area contributed by atoms with Crippen LogP contribution in [-0.2, 0) is 0 Å². The quantitative estimate of drug-likeness (QED) is 0.650. The summed E-state index contributed by atoms with van der Waals surface area (Å²) < 4.78 is 5.33. The molecule has 0 aliphatic heterocycles. The van der Waals surface area contributed by atoms with Crippen LogP contribution in [0.25, 0.3) is 0 Å². The third-order valence-corrected chi connectivity index (χ3v) is 3.21. The zero-order chi connectivity index (χ0) is 11.4. The Balaban J connectivity index is 2.10. The minimum atomic E-state index is 0.0673.